The Bertz CT molecular complexity index is 1380. The average Bonchev–Trinajstić information content (AvgIpc) is 3.17. The molecule has 1 unspecified atom stereocenters. The van der Waals surface area contributed by atoms with Crippen molar-refractivity contribution in [1.29, 1.82) is 0 Å². The zero-order valence-electron chi connectivity index (χ0n) is 21.8. The molecular formula is C30H30N2O6. The van der Waals surface area contributed by atoms with Gasteiger partial charge in [-0.25, -0.2) is 4.79 Å². The van der Waals surface area contributed by atoms with E-state index in [1.54, 1.807) is 74.6 Å². The summed E-state index contributed by atoms with van der Waals surface area (Å²) >= 11 is 0. The number of aliphatic hydroxyl groups excluding tert-OH is 1. The van der Waals surface area contributed by atoms with E-state index in [2.05, 4.69) is 4.98 Å². The van der Waals surface area contributed by atoms with Gasteiger partial charge in [-0.1, -0.05) is 38.1 Å². The molecule has 1 aliphatic rings. The van der Waals surface area contributed by atoms with Crippen LogP contribution in [0.15, 0.2) is 78.6 Å². The minimum Gasteiger partial charge on any atom is -0.507 e. The van der Waals surface area contributed by atoms with E-state index in [1.165, 1.54) is 17.2 Å². The maximum absolute atomic E-state index is 13.4. The van der Waals surface area contributed by atoms with Gasteiger partial charge in [0.1, 0.15) is 11.5 Å². The van der Waals surface area contributed by atoms with Crippen molar-refractivity contribution in [2.24, 2.45) is 5.92 Å². The van der Waals surface area contributed by atoms with Crippen LogP contribution in [0.2, 0.25) is 0 Å². The molecular weight excluding hydrogens is 484 g/mol. The summed E-state index contributed by atoms with van der Waals surface area (Å²) in [4.78, 5) is 44.8. The summed E-state index contributed by atoms with van der Waals surface area (Å²) in [5.74, 6) is -1.72. The Morgan fingerprint density at radius 2 is 1.74 bits per heavy atom. The van der Waals surface area contributed by atoms with E-state index in [1.807, 2.05) is 13.8 Å². The molecule has 0 spiro atoms. The molecule has 4 rings (SSSR count). The van der Waals surface area contributed by atoms with Gasteiger partial charge >= 0.3 is 5.97 Å². The first kappa shape index (κ1) is 26.6. The number of hydrogen-bond acceptors (Lipinski definition) is 7. The Kier molecular flexibility index (Phi) is 7.90. The van der Waals surface area contributed by atoms with Gasteiger partial charge in [-0.3, -0.25) is 19.5 Å². The molecule has 1 aliphatic heterocycles. The average molecular weight is 515 g/mol. The van der Waals surface area contributed by atoms with Crippen LogP contribution in [0.25, 0.3) is 5.76 Å². The summed E-state index contributed by atoms with van der Waals surface area (Å²) in [7, 11) is 0. The number of Topliss-reactive ketones (excluding diaryl/α,β-unsaturated/α-hetero) is 1. The van der Waals surface area contributed by atoms with Gasteiger partial charge in [0.25, 0.3) is 11.7 Å². The molecule has 1 N–H and O–H groups in total. The van der Waals surface area contributed by atoms with Crippen LogP contribution >= 0.6 is 0 Å². The molecule has 0 aliphatic carbocycles. The summed E-state index contributed by atoms with van der Waals surface area (Å²) < 4.78 is 11.1. The predicted molar refractivity (Wildman–Crippen MR) is 143 cm³/mol. The number of anilines is 1. The fraction of sp³-hybridized carbons (Fsp3) is 0.267. The van der Waals surface area contributed by atoms with Crippen molar-refractivity contribution in [3.63, 3.8) is 0 Å². The van der Waals surface area contributed by atoms with E-state index in [0.717, 1.165) is 0 Å². The summed E-state index contributed by atoms with van der Waals surface area (Å²) in [6, 6.07) is 15.5. The van der Waals surface area contributed by atoms with Crippen molar-refractivity contribution < 1.29 is 29.0 Å². The molecule has 1 saturated heterocycles. The lowest BCUT2D eigenvalue weighted by Crippen LogP contribution is -2.29. The van der Waals surface area contributed by atoms with Crippen molar-refractivity contribution >= 4 is 29.1 Å². The highest BCUT2D eigenvalue weighted by Crippen LogP contribution is 2.42. The highest BCUT2D eigenvalue weighted by Gasteiger charge is 2.47. The first-order valence-electron chi connectivity index (χ1n) is 12.4. The van der Waals surface area contributed by atoms with Gasteiger partial charge in [0.15, 0.2) is 0 Å². The van der Waals surface area contributed by atoms with Crippen LogP contribution in [0.4, 0.5) is 5.69 Å². The number of benzene rings is 2. The Balaban J connectivity index is 1.83. The van der Waals surface area contributed by atoms with Crippen LogP contribution in [-0.2, 0) is 14.3 Å². The number of carbonyl (C=O) groups excluding carboxylic acids is 3. The highest BCUT2D eigenvalue weighted by molar-refractivity contribution is 6.51. The quantitative estimate of drug-likeness (QED) is 0.188. The lowest BCUT2D eigenvalue weighted by Gasteiger charge is -2.25. The summed E-state index contributed by atoms with van der Waals surface area (Å²) in [6.45, 7) is 8.02. The number of pyridine rings is 1. The molecule has 3 aromatic rings. The van der Waals surface area contributed by atoms with Crippen molar-refractivity contribution in [3.8, 4) is 5.75 Å². The molecule has 1 amide bonds. The molecule has 2 heterocycles. The predicted octanol–water partition coefficient (Wildman–Crippen LogP) is 5.31. The molecule has 1 fully saturated rings. The number of esters is 1. The molecule has 0 radical (unpaired) electrons. The van der Waals surface area contributed by atoms with Crippen molar-refractivity contribution in [1.82, 2.24) is 4.98 Å². The summed E-state index contributed by atoms with van der Waals surface area (Å²) in [5.41, 5.74) is 1.33. The van der Waals surface area contributed by atoms with Crippen LogP contribution in [0.3, 0.4) is 0 Å². The second kappa shape index (κ2) is 11.3. The highest BCUT2D eigenvalue weighted by atomic mass is 16.5. The monoisotopic (exact) mass is 514 g/mol. The van der Waals surface area contributed by atoms with Crippen LogP contribution in [0.5, 0.6) is 5.75 Å². The lowest BCUT2D eigenvalue weighted by atomic mass is 9.96. The fourth-order valence-electron chi connectivity index (χ4n) is 4.17. The molecule has 0 saturated carbocycles. The largest absolute Gasteiger partial charge is 0.507 e. The Morgan fingerprint density at radius 3 is 2.42 bits per heavy atom. The second-order valence-electron chi connectivity index (χ2n) is 9.69. The third-order valence-corrected chi connectivity index (χ3v) is 5.84. The zero-order valence-corrected chi connectivity index (χ0v) is 21.8. The smallest absolute Gasteiger partial charge is 0.338 e. The number of ether oxygens (including phenoxy) is 2. The molecule has 8 nitrogen and oxygen atoms in total. The number of ketones is 1. The molecule has 38 heavy (non-hydrogen) atoms. The number of amides is 1. The van der Waals surface area contributed by atoms with Gasteiger partial charge < -0.3 is 14.6 Å². The Morgan fingerprint density at radius 1 is 1.00 bits per heavy atom. The Hall–Kier alpha value is -4.46. The normalized spacial score (nSPS) is 16.8. The van der Waals surface area contributed by atoms with E-state index < -0.39 is 23.7 Å². The minimum atomic E-state index is -0.972. The molecule has 196 valence electrons. The van der Waals surface area contributed by atoms with Gasteiger partial charge in [-0.05, 0) is 61.7 Å². The lowest BCUT2D eigenvalue weighted by molar-refractivity contribution is -0.132. The number of nitrogens with zero attached hydrogens (tertiary/aromatic N) is 2. The van der Waals surface area contributed by atoms with E-state index in [0.29, 0.717) is 35.1 Å². The van der Waals surface area contributed by atoms with E-state index in [4.69, 9.17) is 9.47 Å². The number of hydrogen-bond donors (Lipinski definition) is 1. The van der Waals surface area contributed by atoms with Gasteiger partial charge in [-0.2, -0.15) is 0 Å². The first-order chi connectivity index (χ1) is 18.2. The standard InChI is InChI=1S/C30H30N2O6/c1-18(2)17-37-24-12-6-8-20(15-24)27(33)25-26(22-10-7-13-31-16-22)32(29(35)28(25)34)23-11-5-9-21(14-23)30(36)38-19(3)4/h5-16,18-19,26,33H,17H2,1-4H3/b27-25+. The topological polar surface area (TPSA) is 106 Å². The number of carbonyl (C=O) groups is 3. The minimum absolute atomic E-state index is 0.0841. The molecule has 1 aromatic heterocycles. The van der Waals surface area contributed by atoms with Crippen molar-refractivity contribution in [3.05, 3.63) is 95.3 Å². The third kappa shape index (κ3) is 5.59. The van der Waals surface area contributed by atoms with E-state index in [9.17, 15) is 19.5 Å². The maximum Gasteiger partial charge on any atom is 0.338 e. The van der Waals surface area contributed by atoms with Crippen LogP contribution in [0, 0.1) is 5.92 Å². The summed E-state index contributed by atoms with van der Waals surface area (Å²) in [5, 5.41) is 11.4. The van der Waals surface area contributed by atoms with E-state index in [-0.39, 0.29) is 23.0 Å². The molecule has 8 heteroatoms. The van der Waals surface area contributed by atoms with Crippen molar-refractivity contribution in [2.75, 3.05) is 11.5 Å². The van der Waals surface area contributed by atoms with Gasteiger partial charge in [0, 0.05) is 23.6 Å². The van der Waals surface area contributed by atoms with Crippen molar-refractivity contribution in [2.45, 2.75) is 39.8 Å². The number of aliphatic hydroxyl groups is 1. The molecule has 2 aromatic carbocycles. The third-order valence-electron chi connectivity index (χ3n) is 5.84. The first-order valence-corrected chi connectivity index (χ1v) is 12.4. The number of rotatable bonds is 8. The van der Waals surface area contributed by atoms with Gasteiger partial charge in [-0.15, -0.1) is 0 Å². The SMILES string of the molecule is CC(C)COc1cccc(/C(O)=C2\C(=O)C(=O)N(c3cccc(C(=O)OC(C)C)c3)C2c2cccnc2)c1. The van der Waals surface area contributed by atoms with Crippen LogP contribution in [-0.4, -0.2) is 40.5 Å². The van der Waals surface area contributed by atoms with Gasteiger partial charge in [0.05, 0.1) is 29.9 Å². The van der Waals surface area contributed by atoms with Crippen LogP contribution in [0.1, 0.15) is 55.2 Å². The molecule has 0 bridgehead atoms. The number of aromatic nitrogens is 1. The second-order valence-corrected chi connectivity index (χ2v) is 9.69. The maximum atomic E-state index is 13.4. The van der Waals surface area contributed by atoms with E-state index >= 15 is 0 Å². The molecule has 1 atom stereocenters. The zero-order chi connectivity index (χ0) is 27.4. The summed E-state index contributed by atoms with van der Waals surface area (Å²) in [6.07, 6.45) is 2.79. The fourth-order valence-corrected chi connectivity index (χ4v) is 4.17. The van der Waals surface area contributed by atoms with Crippen LogP contribution < -0.4 is 9.64 Å². The Labute approximate surface area is 221 Å². The van der Waals surface area contributed by atoms with Gasteiger partial charge in [0.2, 0.25) is 0 Å².